The van der Waals surface area contributed by atoms with Crippen molar-refractivity contribution in [3.8, 4) is 0 Å². The molecule has 0 amide bonds. The molecule has 0 heterocycles. The van der Waals surface area contributed by atoms with Crippen molar-refractivity contribution >= 4 is 11.4 Å². The van der Waals surface area contributed by atoms with E-state index >= 15 is 0 Å². The second kappa shape index (κ2) is 5.88. The van der Waals surface area contributed by atoms with Crippen molar-refractivity contribution in [3.63, 3.8) is 0 Å². The molecule has 0 aliphatic heterocycles. The number of nitro benzene ring substituents is 1. The number of halogens is 3. The van der Waals surface area contributed by atoms with E-state index in [1.165, 1.54) is 0 Å². The van der Waals surface area contributed by atoms with Gasteiger partial charge in [0.05, 0.1) is 22.6 Å². The predicted molar refractivity (Wildman–Crippen MR) is 70.0 cm³/mol. The molecule has 5 nitrogen and oxygen atoms in total. The zero-order valence-electron chi connectivity index (χ0n) is 11.1. The highest BCUT2D eigenvalue weighted by atomic mass is 19.4. The standard InChI is InChI=1S/C13H15F3N2O3/c14-13(15,16)9-7-8(18(20)21)5-6-10(9)17-11-3-1-2-4-12(11)19/h5-7,11-12,17,19H,1-4H2. The molecule has 1 saturated carbocycles. The quantitative estimate of drug-likeness (QED) is 0.663. The van der Waals surface area contributed by atoms with Gasteiger partial charge in [0.1, 0.15) is 0 Å². The van der Waals surface area contributed by atoms with E-state index in [4.69, 9.17) is 0 Å². The van der Waals surface area contributed by atoms with Gasteiger partial charge in [-0.15, -0.1) is 0 Å². The number of hydrogen-bond acceptors (Lipinski definition) is 4. The van der Waals surface area contributed by atoms with Crippen LogP contribution in [-0.2, 0) is 6.18 Å². The molecule has 21 heavy (non-hydrogen) atoms. The van der Waals surface area contributed by atoms with Gasteiger partial charge in [0.25, 0.3) is 5.69 Å². The Kier molecular flexibility index (Phi) is 4.36. The first kappa shape index (κ1) is 15.6. The van der Waals surface area contributed by atoms with Crippen molar-refractivity contribution in [2.45, 2.75) is 44.0 Å². The number of benzene rings is 1. The molecule has 0 saturated heterocycles. The number of alkyl halides is 3. The van der Waals surface area contributed by atoms with E-state index in [0.29, 0.717) is 18.9 Å². The lowest BCUT2D eigenvalue weighted by molar-refractivity contribution is -0.385. The van der Waals surface area contributed by atoms with Crippen LogP contribution in [0.1, 0.15) is 31.2 Å². The fourth-order valence-electron chi connectivity index (χ4n) is 2.49. The SMILES string of the molecule is O=[N+]([O-])c1ccc(NC2CCCCC2O)c(C(F)(F)F)c1. The molecule has 2 atom stereocenters. The molecule has 2 unspecified atom stereocenters. The number of anilines is 1. The monoisotopic (exact) mass is 304 g/mol. The minimum Gasteiger partial charge on any atom is -0.391 e. The van der Waals surface area contributed by atoms with Crippen LogP contribution in [0.25, 0.3) is 0 Å². The van der Waals surface area contributed by atoms with Gasteiger partial charge in [-0.05, 0) is 18.9 Å². The number of hydrogen-bond donors (Lipinski definition) is 2. The summed E-state index contributed by atoms with van der Waals surface area (Å²) in [5.41, 5.74) is -1.94. The average Bonchev–Trinajstić information content (AvgIpc) is 2.40. The summed E-state index contributed by atoms with van der Waals surface area (Å²) in [6, 6.07) is 2.10. The third-order valence-corrected chi connectivity index (χ3v) is 3.59. The largest absolute Gasteiger partial charge is 0.418 e. The summed E-state index contributed by atoms with van der Waals surface area (Å²) in [5, 5.41) is 23.1. The van der Waals surface area contributed by atoms with Crippen LogP contribution in [0.3, 0.4) is 0 Å². The molecule has 1 aromatic rings. The summed E-state index contributed by atoms with van der Waals surface area (Å²) in [4.78, 5) is 9.74. The van der Waals surface area contributed by atoms with E-state index < -0.39 is 34.5 Å². The molecule has 0 radical (unpaired) electrons. The minimum absolute atomic E-state index is 0.237. The molecular weight excluding hydrogens is 289 g/mol. The molecule has 1 fully saturated rings. The minimum atomic E-state index is -4.70. The van der Waals surface area contributed by atoms with Gasteiger partial charge in [-0.1, -0.05) is 12.8 Å². The third kappa shape index (κ3) is 3.63. The number of aliphatic hydroxyl groups is 1. The Morgan fingerprint density at radius 3 is 2.52 bits per heavy atom. The highest BCUT2D eigenvalue weighted by Gasteiger charge is 2.36. The first-order valence-corrected chi connectivity index (χ1v) is 6.59. The van der Waals surface area contributed by atoms with Crippen LogP contribution < -0.4 is 5.32 Å². The molecule has 1 aliphatic carbocycles. The summed E-state index contributed by atoms with van der Waals surface area (Å²) >= 11 is 0. The van der Waals surface area contributed by atoms with E-state index in [-0.39, 0.29) is 5.69 Å². The van der Waals surface area contributed by atoms with Crippen LogP contribution in [0.4, 0.5) is 24.5 Å². The highest BCUT2D eigenvalue weighted by Crippen LogP contribution is 2.38. The zero-order chi connectivity index (χ0) is 15.6. The first-order valence-electron chi connectivity index (χ1n) is 6.59. The van der Waals surface area contributed by atoms with E-state index in [1.54, 1.807) is 0 Å². The maximum Gasteiger partial charge on any atom is 0.418 e. The smallest absolute Gasteiger partial charge is 0.391 e. The van der Waals surface area contributed by atoms with Gasteiger partial charge in [-0.25, -0.2) is 0 Å². The summed E-state index contributed by atoms with van der Waals surface area (Å²) in [6.07, 6.45) is -2.65. The van der Waals surface area contributed by atoms with Gasteiger partial charge in [-0.2, -0.15) is 13.2 Å². The zero-order valence-corrected chi connectivity index (χ0v) is 11.1. The van der Waals surface area contributed by atoms with Crippen molar-refractivity contribution in [1.29, 1.82) is 0 Å². The fraction of sp³-hybridized carbons (Fsp3) is 0.538. The summed E-state index contributed by atoms with van der Waals surface area (Å²) in [5.74, 6) is 0. The van der Waals surface area contributed by atoms with Gasteiger partial charge in [-0.3, -0.25) is 10.1 Å². The predicted octanol–water partition coefficient (Wildman–Crippen LogP) is 3.33. The molecule has 1 aliphatic rings. The Balaban J connectivity index is 2.31. The van der Waals surface area contributed by atoms with Gasteiger partial charge in [0, 0.05) is 17.8 Å². The lowest BCUT2D eigenvalue weighted by atomic mass is 9.92. The summed E-state index contributed by atoms with van der Waals surface area (Å²) in [6.45, 7) is 0. The second-order valence-corrected chi connectivity index (χ2v) is 5.09. The molecule has 2 N–H and O–H groups in total. The van der Waals surface area contributed by atoms with Gasteiger partial charge >= 0.3 is 6.18 Å². The lowest BCUT2D eigenvalue weighted by Gasteiger charge is -2.30. The van der Waals surface area contributed by atoms with Crippen molar-refractivity contribution in [2.75, 3.05) is 5.32 Å². The number of aliphatic hydroxyl groups excluding tert-OH is 1. The maximum atomic E-state index is 13.0. The average molecular weight is 304 g/mol. The number of nitrogens with zero attached hydrogens (tertiary/aromatic N) is 1. The van der Waals surface area contributed by atoms with Crippen molar-refractivity contribution < 1.29 is 23.2 Å². The van der Waals surface area contributed by atoms with E-state index in [0.717, 1.165) is 25.0 Å². The van der Waals surface area contributed by atoms with Crippen LogP contribution in [-0.4, -0.2) is 22.2 Å². The molecule has 1 aromatic carbocycles. The van der Waals surface area contributed by atoms with Crippen molar-refractivity contribution in [3.05, 3.63) is 33.9 Å². The second-order valence-electron chi connectivity index (χ2n) is 5.09. The fourth-order valence-corrected chi connectivity index (χ4v) is 2.49. The van der Waals surface area contributed by atoms with Crippen molar-refractivity contribution in [1.82, 2.24) is 0 Å². The summed E-state index contributed by atoms with van der Waals surface area (Å²) < 4.78 is 39.1. The molecular formula is C13H15F3N2O3. The number of nitro groups is 1. The van der Waals surface area contributed by atoms with Crippen LogP contribution >= 0.6 is 0 Å². The molecule has 116 valence electrons. The summed E-state index contributed by atoms with van der Waals surface area (Å²) in [7, 11) is 0. The van der Waals surface area contributed by atoms with Crippen LogP contribution in [0.2, 0.25) is 0 Å². The molecule has 0 spiro atoms. The third-order valence-electron chi connectivity index (χ3n) is 3.59. The Bertz CT molecular complexity index is 534. The number of non-ortho nitro benzene ring substituents is 1. The van der Waals surface area contributed by atoms with Crippen molar-refractivity contribution in [2.24, 2.45) is 0 Å². The topological polar surface area (TPSA) is 75.4 Å². The Morgan fingerprint density at radius 1 is 1.29 bits per heavy atom. The van der Waals surface area contributed by atoms with E-state index in [1.807, 2.05) is 0 Å². The van der Waals surface area contributed by atoms with Gasteiger partial charge in [0.2, 0.25) is 0 Å². The molecule has 2 rings (SSSR count). The van der Waals surface area contributed by atoms with Gasteiger partial charge < -0.3 is 10.4 Å². The highest BCUT2D eigenvalue weighted by molar-refractivity contribution is 5.58. The van der Waals surface area contributed by atoms with Crippen LogP contribution in [0.5, 0.6) is 0 Å². The molecule has 8 heteroatoms. The van der Waals surface area contributed by atoms with Crippen LogP contribution in [0.15, 0.2) is 18.2 Å². The molecule has 0 bridgehead atoms. The van der Waals surface area contributed by atoms with E-state index in [2.05, 4.69) is 5.32 Å². The Hall–Kier alpha value is -1.83. The number of rotatable bonds is 3. The number of nitrogens with one attached hydrogen (secondary N) is 1. The van der Waals surface area contributed by atoms with E-state index in [9.17, 15) is 28.4 Å². The maximum absolute atomic E-state index is 13.0. The molecule has 0 aromatic heterocycles. The first-order chi connectivity index (χ1) is 9.79. The Morgan fingerprint density at radius 2 is 1.95 bits per heavy atom. The van der Waals surface area contributed by atoms with Crippen LogP contribution in [0, 0.1) is 10.1 Å². The van der Waals surface area contributed by atoms with Gasteiger partial charge in [0.15, 0.2) is 0 Å². The Labute approximate surface area is 118 Å². The lowest BCUT2D eigenvalue weighted by Crippen LogP contribution is -2.36. The normalized spacial score (nSPS) is 22.9.